The first kappa shape index (κ1) is 14.9. The number of benzene rings is 1. The quantitative estimate of drug-likeness (QED) is 0.936. The lowest BCUT2D eigenvalue weighted by Crippen LogP contribution is -2.33. The molecule has 1 fully saturated rings. The van der Waals surface area contributed by atoms with Crippen LogP contribution in [0.3, 0.4) is 0 Å². The average molecular weight is 297 g/mol. The van der Waals surface area contributed by atoms with Crippen molar-refractivity contribution >= 4 is 10.9 Å². The highest BCUT2D eigenvalue weighted by atomic mass is 16.5. The second-order valence-electron chi connectivity index (χ2n) is 6.14. The van der Waals surface area contributed by atoms with Crippen molar-refractivity contribution in [2.75, 3.05) is 7.11 Å². The van der Waals surface area contributed by atoms with Crippen molar-refractivity contribution in [3.05, 3.63) is 30.0 Å². The molecule has 1 unspecified atom stereocenters. The van der Waals surface area contributed by atoms with Crippen LogP contribution in [0.1, 0.15) is 43.7 Å². The molecule has 1 aromatic heterocycles. The summed E-state index contributed by atoms with van der Waals surface area (Å²) in [5, 5.41) is 14.3. The van der Waals surface area contributed by atoms with E-state index in [1.54, 1.807) is 7.11 Å². The molecule has 1 heterocycles. The van der Waals surface area contributed by atoms with E-state index in [1.807, 2.05) is 25.2 Å². The summed E-state index contributed by atoms with van der Waals surface area (Å²) in [6.07, 6.45) is 8.26. The number of fused-ring (bicyclic) bond motifs is 1. The van der Waals surface area contributed by atoms with Gasteiger partial charge in [-0.25, -0.2) is 0 Å². The van der Waals surface area contributed by atoms with Gasteiger partial charge in [0.15, 0.2) is 0 Å². The number of rotatable bonds is 4. The lowest BCUT2D eigenvalue weighted by Gasteiger charge is -2.25. The van der Waals surface area contributed by atoms with E-state index in [9.17, 15) is 5.26 Å². The minimum Gasteiger partial charge on any atom is -0.497 e. The van der Waals surface area contributed by atoms with Gasteiger partial charge in [0.2, 0.25) is 0 Å². The lowest BCUT2D eigenvalue weighted by atomic mass is 9.94. The number of aryl methyl sites for hydroxylation is 1. The molecule has 1 aliphatic carbocycles. The number of nitrogens with zero attached hydrogens (tertiary/aromatic N) is 2. The predicted molar refractivity (Wildman–Crippen MR) is 87.8 cm³/mol. The summed E-state index contributed by atoms with van der Waals surface area (Å²) in [6.45, 7) is 0. The Kier molecular flexibility index (Phi) is 4.35. The molecule has 4 nitrogen and oxygen atoms in total. The maximum absolute atomic E-state index is 9.65. The highest BCUT2D eigenvalue weighted by molar-refractivity contribution is 5.86. The third kappa shape index (κ3) is 2.82. The van der Waals surface area contributed by atoms with Crippen LogP contribution in [0.2, 0.25) is 0 Å². The lowest BCUT2D eigenvalue weighted by molar-refractivity contribution is 0.360. The van der Waals surface area contributed by atoms with Crippen LogP contribution in [0.25, 0.3) is 10.9 Å². The van der Waals surface area contributed by atoms with Gasteiger partial charge in [-0.1, -0.05) is 19.3 Å². The second kappa shape index (κ2) is 6.41. The number of nitriles is 1. The molecule has 1 aromatic carbocycles. The summed E-state index contributed by atoms with van der Waals surface area (Å²) in [7, 11) is 3.69. The summed E-state index contributed by atoms with van der Waals surface area (Å²) in [5.74, 6) is 0.828. The zero-order valence-corrected chi connectivity index (χ0v) is 13.3. The summed E-state index contributed by atoms with van der Waals surface area (Å²) in [4.78, 5) is 0. The van der Waals surface area contributed by atoms with Crippen molar-refractivity contribution in [3.63, 3.8) is 0 Å². The maximum atomic E-state index is 9.65. The van der Waals surface area contributed by atoms with Crippen LogP contribution >= 0.6 is 0 Å². The van der Waals surface area contributed by atoms with Crippen LogP contribution in [0, 0.1) is 11.3 Å². The number of hydrogen-bond acceptors (Lipinski definition) is 3. The third-order valence-electron chi connectivity index (χ3n) is 4.68. The molecule has 0 bridgehead atoms. The van der Waals surface area contributed by atoms with E-state index in [4.69, 9.17) is 4.74 Å². The summed E-state index contributed by atoms with van der Waals surface area (Å²) < 4.78 is 7.42. The van der Waals surface area contributed by atoms with E-state index >= 15 is 0 Å². The van der Waals surface area contributed by atoms with Crippen molar-refractivity contribution in [2.24, 2.45) is 7.05 Å². The van der Waals surface area contributed by atoms with Gasteiger partial charge in [0.05, 0.1) is 13.2 Å². The van der Waals surface area contributed by atoms with Gasteiger partial charge in [-0.3, -0.25) is 5.32 Å². The molecule has 1 aliphatic rings. The first-order valence-electron chi connectivity index (χ1n) is 8.01. The Morgan fingerprint density at radius 1 is 1.32 bits per heavy atom. The Labute approximate surface area is 131 Å². The minimum atomic E-state index is -0.265. The summed E-state index contributed by atoms with van der Waals surface area (Å²) in [6, 6.07) is 8.67. The molecule has 0 aliphatic heterocycles. The van der Waals surface area contributed by atoms with Crippen LogP contribution in [0.15, 0.2) is 24.4 Å². The molecular formula is C18H23N3O. The van der Waals surface area contributed by atoms with Crippen LogP contribution in [0.5, 0.6) is 5.75 Å². The fourth-order valence-corrected chi connectivity index (χ4v) is 3.46. The molecular weight excluding hydrogens is 274 g/mol. The van der Waals surface area contributed by atoms with Crippen LogP contribution < -0.4 is 10.1 Å². The van der Waals surface area contributed by atoms with Crippen LogP contribution in [-0.2, 0) is 7.05 Å². The van der Waals surface area contributed by atoms with Crippen LogP contribution in [-0.4, -0.2) is 17.7 Å². The Balaban J connectivity index is 1.94. The first-order valence-corrected chi connectivity index (χ1v) is 8.01. The molecule has 2 aromatic rings. The van der Waals surface area contributed by atoms with Crippen molar-refractivity contribution in [2.45, 2.75) is 44.2 Å². The highest BCUT2D eigenvalue weighted by Gasteiger charge is 2.22. The van der Waals surface area contributed by atoms with Crippen molar-refractivity contribution in [1.29, 1.82) is 5.26 Å². The third-order valence-corrected chi connectivity index (χ3v) is 4.68. The van der Waals surface area contributed by atoms with Gasteiger partial charge in [-0.05, 0) is 31.0 Å². The van der Waals surface area contributed by atoms with E-state index in [0.29, 0.717) is 6.04 Å². The topological polar surface area (TPSA) is 50.0 Å². The van der Waals surface area contributed by atoms with Gasteiger partial charge in [0.1, 0.15) is 11.8 Å². The Morgan fingerprint density at radius 2 is 2.09 bits per heavy atom. The standard InChI is InChI=1S/C18H23N3O/c1-21-12-16(15-10-14(22-2)8-9-18(15)21)17(11-19)20-13-6-4-3-5-7-13/h8-10,12-13,17,20H,3-7H2,1-2H3. The van der Waals surface area contributed by atoms with E-state index < -0.39 is 0 Å². The molecule has 1 atom stereocenters. The van der Waals surface area contributed by atoms with Crippen molar-refractivity contribution in [1.82, 2.24) is 9.88 Å². The number of aromatic nitrogens is 1. The Bertz CT molecular complexity index is 692. The highest BCUT2D eigenvalue weighted by Crippen LogP contribution is 2.30. The van der Waals surface area contributed by atoms with Gasteiger partial charge in [0.25, 0.3) is 0 Å². The monoisotopic (exact) mass is 297 g/mol. The Morgan fingerprint density at radius 3 is 2.77 bits per heavy atom. The number of methoxy groups -OCH3 is 1. The van der Waals surface area contributed by atoms with Crippen molar-refractivity contribution in [3.8, 4) is 11.8 Å². The normalized spacial score (nSPS) is 17.3. The second-order valence-corrected chi connectivity index (χ2v) is 6.14. The molecule has 4 heteroatoms. The predicted octanol–water partition coefficient (Wildman–Crippen LogP) is 3.67. The van der Waals surface area contributed by atoms with Gasteiger partial charge in [-0.15, -0.1) is 0 Å². The molecule has 1 N–H and O–H groups in total. The van der Waals surface area contributed by atoms with E-state index in [0.717, 1.165) is 22.2 Å². The molecule has 1 saturated carbocycles. The SMILES string of the molecule is COc1ccc2c(c1)c(C(C#N)NC1CCCCC1)cn2C. The maximum Gasteiger partial charge on any atom is 0.123 e. The van der Waals surface area contributed by atoms with E-state index in [2.05, 4.69) is 22.1 Å². The largest absolute Gasteiger partial charge is 0.497 e. The number of ether oxygens (including phenoxy) is 1. The van der Waals surface area contributed by atoms with Gasteiger partial charge in [-0.2, -0.15) is 5.26 Å². The van der Waals surface area contributed by atoms with Gasteiger partial charge >= 0.3 is 0 Å². The minimum absolute atomic E-state index is 0.265. The molecule has 0 amide bonds. The van der Waals surface area contributed by atoms with Crippen LogP contribution in [0.4, 0.5) is 0 Å². The fraction of sp³-hybridized carbons (Fsp3) is 0.500. The van der Waals surface area contributed by atoms with Gasteiger partial charge < -0.3 is 9.30 Å². The number of hydrogen-bond donors (Lipinski definition) is 1. The average Bonchev–Trinajstić information content (AvgIpc) is 2.89. The summed E-state index contributed by atoms with van der Waals surface area (Å²) >= 11 is 0. The number of nitrogens with one attached hydrogen (secondary N) is 1. The van der Waals surface area contributed by atoms with Gasteiger partial charge in [0, 0.05) is 35.8 Å². The molecule has 3 rings (SSSR count). The zero-order chi connectivity index (χ0) is 15.5. The van der Waals surface area contributed by atoms with E-state index in [1.165, 1.54) is 32.1 Å². The molecule has 0 radical (unpaired) electrons. The van der Waals surface area contributed by atoms with Crippen molar-refractivity contribution < 1.29 is 4.74 Å². The Hall–Kier alpha value is -1.99. The fourth-order valence-electron chi connectivity index (χ4n) is 3.46. The smallest absolute Gasteiger partial charge is 0.123 e. The molecule has 22 heavy (non-hydrogen) atoms. The zero-order valence-electron chi connectivity index (χ0n) is 13.3. The molecule has 116 valence electrons. The molecule has 0 saturated heterocycles. The first-order chi connectivity index (χ1) is 10.7. The summed E-state index contributed by atoms with van der Waals surface area (Å²) in [5.41, 5.74) is 2.17. The van der Waals surface area contributed by atoms with E-state index in [-0.39, 0.29) is 6.04 Å². The molecule has 0 spiro atoms.